The highest BCUT2D eigenvalue weighted by Gasteiger charge is 2.21. The SMILES string of the molecule is Cc1ccc(C(C)CC=O)c2c1OCCO2. The molecule has 0 amide bonds. The fraction of sp³-hybridized carbons (Fsp3) is 0.462. The summed E-state index contributed by atoms with van der Waals surface area (Å²) in [6.07, 6.45) is 1.46. The maximum absolute atomic E-state index is 10.6. The van der Waals surface area contributed by atoms with E-state index in [1.165, 1.54) is 0 Å². The molecule has 1 aliphatic rings. The van der Waals surface area contributed by atoms with Crippen LogP contribution in [0.1, 0.15) is 30.4 Å². The highest BCUT2D eigenvalue weighted by molar-refractivity contribution is 5.57. The summed E-state index contributed by atoms with van der Waals surface area (Å²) < 4.78 is 11.3. The predicted octanol–water partition coefficient (Wildman–Crippen LogP) is 2.46. The summed E-state index contributed by atoms with van der Waals surface area (Å²) in [4.78, 5) is 10.6. The normalized spacial score (nSPS) is 15.6. The zero-order valence-corrected chi connectivity index (χ0v) is 9.66. The third kappa shape index (κ3) is 1.90. The first-order valence-corrected chi connectivity index (χ1v) is 5.56. The number of benzene rings is 1. The first-order valence-electron chi connectivity index (χ1n) is 5.56. The molecule has 0 spiro atoms. The molecular weight excluding hydrogens is 204 g/mol. The minimum atomic E-state index is 0.175. The Morgan fingerprint density at radius 1 is 1.31 bits per heavy atom. The number of carbonyl (C=O) groups is 1. The molecule has 0 saturated heterocycles. The third-order valence-electron chi connectivity index (χ3n) is 2.90. The van der Waals surface area contributed by atoms with Gasteiger partial charge in [0.25, 0.3) is 0 Å². The highest BCUT2D eigenvalue weighted by Crippen LogP contribution is 2.40. The maximum atomic E-state index is 10.6. The predicted molar refractivity (Wildman–Crippen MR) is 61.3 cm³/mol. The van der Waals surface area contributed by atoms with Crippen molar-refractivity contribution in [2.24, 2.45) is 0 Å². The lowest BCUT2D eigenvalue weighted by molar-refractivity contribution is -0.108. The Morgan fingerprint density at radius 3 is 2.69 bits per heavy atom. The van der Waals surface area contributed by atoms with E-state index in [4.69, 9.17) is 9.47 Å². The van der Waals surface area contributed by atoms with Gasteiger partial charge in [-0.2, -0.15) is 0 Å². The van der Waals surface area contributed by atoms with Crippen LogP contribution >= 0.6 is 0 Å². The number of carbonyl (C=O) groups excluding carboxylic acids is 1. The van der Waals surface area contributed by atoms with E-state index < -0.39 is 0 Å². The van der Waals surface area contributed by atoms with Crippen molar-refractivity contribution in [2.45, 2.75) is 26.2 Å². The Balaban J connectivity index is 2.42. The average Bonchev–Trinajstić information content (AvgIpc) is 2.30. The number of rotatable bonds is 3. The molecule has 0 N–H and O–H groups in total. The van der Waals surface area contributed by atoms with E-state index in [0.29, 0.717) is 19.6 Å². The summed E-state index contributed by atoms with van der Waals surface area (Å²) in [6, 6.07) is 4.04. The second-order valence-corrected chi connectivity index (χ2v) is 4.13. The van der Waals surface area contributed by atoms with Gasteiger partial charge in [0.15, 0.2) is 11.5 Å². The molecule has 3 nitrogen and oxygen atoms in total. The van der Waals surface area contributed by atoms with Crippen LogP contribution in [-0.4, -0.2) is 19.5 Å². The summed E-state index contributed by atoms with van der Waals surface area (Å²) in [5.74, 6) is 1.83. The molecular formula is C13H16O3. The van der Waals surface area contributed by atoms with Crippen LogP contribution in [0.3, 0.4) is 0 Å². The van der Waals surface area contributed by atoms with Crippen molar-refractivity contribution in [1.29, 1.82) is 0 Å². The van der Waals surface area contributed by atoms with Gasteiger partial charge in [0.1, 0.15) is 19.5 Å². The van der Waals surface area contributed by atoms with Gasteiger partial charge in [-0.05, 0) is 18.4 Å². The van der Waals surface area contributed by atoms with E-state index in [1.807, 2.05) is 26.0 Å². The number of aldehydes is 1. The van der Waals surface area contributed by atoms with Crippen LogP contribution in [0.25, 0.3) is 0 Å². The molecule has 3 heteroatoms. The minimum Gasteiger partial charge on any atom is -0.486 e. The molecule has 0 aromatic heterocycles. The van der Waals surface area contributed by atoms with Crippen LogP contribution in [0.4, 0.5) is 0 Å². The van der Waals surface area contributed by atoms with Crippen LogP contribution in [0.5, 0.6) is 11.5 Å². The Bertz CT molecular complexity index is 398. The molecule has 1 atom stereocenters. The van der Waals surface area contributed by atoms with Crippen molar-refractivity contribution in [3.8, 4) is 11.5 Å². The molecule has 1 aliphatic heterocycles. The Morgan fingerprint density at radius 2 is 2.00 bits per heavy atom. The number of fused-ring (bicyclic) bond motifs is 1. The van der Waals surface area contributed by atoms with Gasteiger partial charge in [-0.15, -0.1) is 0 Å². The molecule has 0 bridgehead atoms. The smallest absolute Gasteiger partial charge is 0.165 e. The highest BCUT2D eigenvalue weighted by atomic mass is 16.6. The van der Waals surface area contributed by atoms with Crippen molar-refractivity contribution >= 4 is 6.29 Å². The summed E-state index contributed by atoms with van der Waals surface area (Å²) in [7, 11) is 0. The average molecular weight is 220 g/mol. The van der Waals surface area contributed by atoms with Crippen molar-refractivity contribution in [3.05, 3.63) is 23.3 Å². The first-order chi connectivity index (χ1) is 7.74. The zero-order chi connectivity index (χ0) is 11.5. The van der Waals surface area contributed by atoms with Gasteiger partial charge in [0.05, 0.1) is 0 Å². The molecule has 0 aliphatic carbocycles. The van der Waals surface area contributed by atoms with Gasteiger partial charge >= 0.3 is 0 Å². The fourth-order valence-corrected chi connectivity index (χ4v) is 1.95. The number of hydrogen-bond donors (Lipinski definition) is 0. The van der Waals surface area contributed by atoms with E-state index in [2.05, 4.69) is 0 Å². The Labute approximate surface area is 95.4 Å². The van der Waals surface area contributed by atoms with Gasteiger partial charge in [0, 0.05) is 12.0 Å². The van der Waals surface area contributed by atoms with Gasteiger partial charge in [0.2, 0.25) is 0 Å². The Hall–Kier alpha value is -1.51. The van der Waals surface area contributed by atoms with Crippen LogP contribution in [-0.2, 0) is 4.79 Å². The molecule has 0 radical (unpaired) electrons. The van der Waals surface area contributed by atoms with E-state index in [9.17, 15) is 4.79 Å². The van der Waals surface area contributed by atoms with Gasteiger partial charge in [-0.1, -0.05) is 19.1 Å². The minimum absolute atomic E-state index is 0.175. The van der Waals surface area contributed by atoms with Gasteiger partial charge < -0.3 is 14.3 Å². The molecule has 16 heavy (non-hydrogen) atoms. The largest absolute Gasteiger partial charge is 0.486 e. The fourth-order valence-electron chi connectivity index (χ4n) is 1.95. The number of aryl methyl sites for hydroxylation is 1. The topological polar surface area (TPSA) is 35.5 Å². The Kier molecular flexibility index (Phi) is 3.13. The van der Waals surface area contributed by atoms with E-state index in [-0.39, 0.29) is 5.92 Å². The summed E-state index contributed by atoms with van der Waals surface area (Å²) >= 11 is 0. The van der Waals surface area contributed by atoms with Gasteiger partial charge in [-0.3, -0.25) is 0 Å². The molecule has 1 heterocycles. The summed E-state index contributed by atoms with van der Waals surface area (Å²) in [5, 5.41) is 0. The van der Waals surface area contributed by atoms with Crippen LogP contribution in [0, 0.1) is 6.92 Å². The summed E-state index contributed by atoms with van der Waals surface area (Å²) in [6.45, 7) is 5.20. The van der Waals surface area contributed by atoms with Crippen LogP contribution in [0.15, 0.2) is 12.1 Å². The maximum Gasteiger partial charge on any atom is 0.165 e. The standard InChI is InChI=1S/C13H16O3/c1-9(5-6-14)11-4-3-10(2)12-13(11)16-8-7-15-12/h3-4,6,9H,5,7-8H2,1-2H3. The lowest BCUT2D eigenvalue weighted by atomic mass is 9.95. The van der Waals surface area contributed by atoms with Crippen LogP contribution < -0.4 is 9.47 Å². The second kappa shape index (κ2) is 4.56. The second-order valence-electron chi connectivity index (χ2n) is 4.13. The lowest BCUT2D eigenvalue weighted by Crippen LogP contribution is -2.18. The van der Waals surface area contributed by atoms with Gasteiger partial charge in [-0.25, -0.2) is 0 Å². The molecule has 2 rings (SSSR count). The lowest BCUT2D eigenvalue weighted by Gasteiger charge is -2.24. The molecule has 1 aromatic rings. The van der Waals surface area contributed by atoms with Crippen LogP contribution in [0.2, 0.25) is 0 Å². The van der Waals surface area contributed by atoms with Crippen molar-refractivity contribution in [3.63, 3.8) is 0 Å². The molecule has 0 fully saturated rings. The van der Waals surface area contributed by atoms with Crippen molar-refractivity contribution < 1.29 is 14.3 Å². The molecule has 1 aromatic carbocycles. The quantitative estimate of drug-likeness (QED) is 0.734. The molecule has 86 valence electrons. The van der Waals surface area contributed by atoms with Crippen molar-refractivity contribution in [1.82, 2.24) is 0 Å². The number of ether oxygens (including phenoxy) is 2. The molecule has 1 unspecified atom stereocenters. The zero-order valence-electron chi connectivity index (χ0n) is 9.66. The first kappa shape index (κ1) is 11.0. The number of hydrogen-bond acceptors (Lipinski definition) is 3. The van der Waals surface area contributed by atoms with E-state index >= 15 is 0 Å². The van der Waals surface area contributed by atoms with Crippen molar-refractivity contribution in [2.75, 3.05) is 13.2 Å². The third-order valence-corrected chi connectivity index (χ3v) is 2.90. The van der Waals surface area contributed by atoms with E-state index in [0.717, 1.165) is 28.9 Å². The van der Waals surface area contributed by atoms with E-state index in [1.54, 1.807) is 0 Å². The monoisotopic (exact) mass is 220 g/mol. The summed E-state index contributed by atoms with van der Waals surface area (Å²) in [5.41, 5.74) is 2.14. The molecule has 0 saturated carbocycles.